The van der Waals surface area contributed by atoms with E-state index in [1.807, 2.05) is 0 Å². The molecule has 0 spiro atoms. The van der Waals surface area contributed by atoms with E-state index >= 15 is 0 Å². The summed E-state index contributed by atoms with van der Waals surface area (Å²) in [6, 6.07) is 0. The summed E-state index contributed by atoms with van der Waals surface area (Å²) >= 11 is 0. The van der Waals surface area contributed by atoms with Crippen molar-refractivity contribution >= 4 is 22.8 Å². The normalized spacial score (nSPS) is 20.8. The third kappa shape index (κ3) is 5.73. The summed E-state index contributed by atoms with van der Waals surface area (Å²) in [7, 11) is 0. The van der Waals surface area contributed by atoms with Crippen LogP contribution in [0.15, 0.2) is 114 Å². The van der Waals surface area contributed by atoms with Crippen LogP contribution in [0, 0.1) is 0 Å². The molecular formula is C24H8F12FeN4. The van der Waals surface area contributed by atoms with Crippen LogP contribution in [0.2, 0.25) is 0 Å². The summed E-state index contributed by atoms with van der Waals surface area (Å²) in [5.41, 5.74) is -17.6. The predicted molar refractivity (Wildman–Crippen MR) is 119 cm³/mol. The number of hydrogen-bond acceptors (Lipinski definition) is 4. The minimum absolute atomic E-state index is 0. The number of rotatable bonds is 0. The molecule has 8 bridgehead atoms. The van der Waals surface area contributed by atoms with Gasteiger partial charge < -0.3 is 0 Å². The van der Waals surface area contributed by atoms with Crippen LogP contribution in [0.3, 0.4) is 0 Å². The molecule has 0 saturated heterocycles. The molecule has 5 aliphatic heterocycles. The van der Waals surface area contributed by atoms with Crippen LogP contribution in [0.4, 0.5) is 52.7 Å². The SMILES string of the molecule is FC(F)(F)C1=CC2=CC3=NC(=CC4=NC(=CC5=NC(=C(C(F)(F)F)C1=N2)C(C(F)(F)F)=C5C(F)(F)F)C=C4)C=C3.[Fe]. The summed E-state index contributed by atoms with van der Waals surface area (Å²) in [6.45, 7) is 0. The molecule has 5 rings (SSSR count). The van der Waals surface area contributed by atoms with E-state index in [1.165, 1.54) is 24.3 Å². The average molecular weight is 636 g/mol. The van der Waals surface area contributed by atoms with E-state index in [9.17, 15) is 52.7 Å². The largest absolute Gasteiger partial charge is 0.420 e. The van der Waals surface area contributed by atoms with Gasteiger partial charge in [0.1, 0.15) is 5.57 Å². The maximum absolute atomic E-state index is 14.3. The Morgan fingerprint density at radius 3 is 1.41 bits per heavy atom. The van der Waals surface area contributed by atoms with Gasteiger partial charge in [-0.1, -0.05) is 0 Å². The van der Waals surface area contributed by atoms with E-state index in [2.05, 4.69) is 20.0 Å². The third-order valence-electron chi connectivity index (χ3n) is 5.64. The van der Waals surface area contributed by atoms with Crippen molar-refractivity contribution in [1.82, 2.24) is 0 Å². The Morgan fingerprint density at radius 2 is 0.927 bits per heavy atom. The summed E-state index contributed by atoms with van der Waals surface area (Å²) < 4.78 is 169. The molecule has 0 aliphatic carbocycles. The van der Waals surface area contributed by atoms with Crippen molar-refractivity contribution in [3.63, 3.8) is 0 Å². The van der Waals surface area contributed by atoms with Crippen LogP contribution in [0.1, 0.15) is 0 Å². The van der Waals surface area contributed by atoms with Crippen molar-refractivity contribution in [3.05, 3.63) is 93.7 Å². The quantitative estimate of drug-likeness (QED) is 0.198. The number of nitrogens with zero attached hydrogens (tertiary/aromatic N) is 4. The fraction of sp³-hybridized carbons (Fsp3) is 0.167. The van der Waals surface area contributed by atoms with Gasteiger partial charge >= 0.3 is 24.7 Å². The van der Waals surface area contributed by atoms with Gasteiger partial charge in [-0.2, -0.15) is 52.7 Å². The van der Waals surface area contributed by atoms with E-state index < -0.39 is 75.5 Å². The van der Waals surface area contributed by atoms with E-state index in [0.29, 0.717) is 6.08 Å². The second-order valence-electron chi connectivity index (χ2n) is 8.43. The molecule has 0 unspecified atom stereocenters. The minimum Gasteiger partial charge on any atom is -0.249 e. The summed E-state index contributed by atoms with van der Waals surface area (Å²) in [5.74, 6) is 0. The molecule has 0 fully saturated rings. The molecule has 5 heterocycles. The maximum atomic E-state index is 14.3. The molecule has 5 aliphatic rings. The van der Waals surface area contributed by atoms with Crippen LogP contribution in [-0.4, -0.2) is 47.6 Å². The topological polar surface area (TPSA) is 49.4 Å². The molecule has 4 nitrogen and oxygen atoms in total. The summed E-state index contributed by atoms with van der Waals surface area (Å²) in [4.78, 5) is 14.2. The van der Waals surface area contributed by atoms with E-state index in [0.717, 1.165) is 12.2 Å². The van der Waals surface area contributed by atoms with Gasteiger partial charge in [-0.15, -0.1) is 0 Å². The van der Waals surface area contributed by atoms with E-state index in [1.54, 1.807) is 0 Å². The first-order valence-electron chi connectivity index (χ1n) is 10.7. The molecule has 41 heavy (non-hydrogen) atoms. The van der Waals surface area contributed by atoms with Gasteiger partial charge in [0.25, 0.3) is 0 Å². The van der Waals surface area contributed by atoms with Gasteiger partial charge in [0.05, 0.1) is 62.4 Å². The molecule has 0 aromatic heterocycles. The van der Waals surface area contributed by atoms with Gasteiger partial charge in [-0.05, 0) is 48.6 Å². The Labute approximate surface area is 231 Å². The molecule has 0 amide bonds. The van der Waals surface area contributed by atoms with Crippen LogP contribution < -0.4 is 0 Å². The molecule has 0 aromatic rings. The van der Waals surface area contributed by atoms with Crippen molar-refractivity contribution < 1.29 is 69.8 Å². The number of fused-ring (bicyclic) bond motifs is 4. The van der Waals surface area contributed by atoms with E-state index in [-0.39, 0.29) is 40.3 Å². The fourth-order valence-corrected chi connectivity index (χ4v) is 4.18. The van der Waals surface area contributed by atoms with Crippen molar-refractivity contribution in [3.8, 4) is 0 Å². The molecule has 0 N–H and O–H groups in total. The summed E-state index contributed by atoms with van der Waals surface area (Å²) in [5, 5.41) is 0. The molecule has 0 aromatic carbocycles. The number of aliphatic imine (C=N–C) groups is 4. The Kier molecular flexibility index (Phi) is 7.14. The van der Waals surface area contributed by atoms with Crippen LogP contribution in [0.25, 0.3) is 0 Å². The van der Waals surface area contributed by atoms with Gasteiger partial charge in [-0.3, -0.25) is 0 Å². The third-order valence-corrected chi connectivity index (χ3v) is 5.64. The maximum Gasteiger partial charge on any atom is 0.420 e. The molecule has 0 saturated carbocycles. The van der Waals surface area contributed by atoms with Crippen LogP contribution >= 0.6 is 0 Å². The van der Waals surface area contributed by atoms with E-state index in [4.69, 9.17) is 0 Å². The number of hydrogen-bond donors (Lipinski definition) is 0. The first-order chi connectivity index (χ1) is 18.3. The minimum atomic E-state index is -6.13. The molecule has 216 valence electrons. The first-order valence-corrected chi connectivity index (χ1v) is 10.7. The standard InChI is InChI=1S/C24H8F12N4.Fe/c25-21(26,27)14-7-13-6-11-2-1-9(37-11)5-10-3-4-12(38-10)8-15-16(22(28,29)30)17(23(31,32)33)20(40-15)18(19(14)39-13)24(34,35)36;/h1-8H;. The number of allylic oxidation sites excluding steroid dienone is 12. The van der Waals surface area contributed by atoms with Crippen LogP contribution in [0.5, 0.6) is 0 Å². The fourth-order valence-electron chi connectivity index (χ4n) is 4.18. The van der Waals surface area contributed by atoms with Crippen molar-refractivity contribution in [2.45, 2.75) is 24.7 Å². The van der Waals surface area contributed by atoms with Crippen LogP contribution in [-0.2, 0) is 17.1 Å². The Morgan fingerprint density at radius 1 is 0.439 bits per heavy atom. The zero-order chi connectivity index (χ0) is 29.4. The second kappa shape index (κ2) is 9.69. The second-order valence-corrected chi connectivity index (χ2v) is 8.43. The molecular weight excluding hydrogens is 628 g/mol. The van der Waals surface area contributed by atoms with Gasteiger partial charge in [0, 0.05) is 17.1 Å². The summed E-state index contributed by atoms with van der Waals surface area (Å²) in [6.07, 6.45) is -16.2. The Bertz CT molecular complexity index is 1610. The van der Waals surface area contributed by atoms with Crippen molar-refractivity contribution in [2.75, 3.05) is 0 Å². The molecule has 0 atom stereocenters. The number of alkyl halides is 12. The zero-order valence-corrected chi connectivity index (χ0v) is 20.4. The zero-order valence-electron chi connectivity index (χ0n) is 19.3. The van der Waals surface area contributed by atoms with Gasteiger partial charge in [-0.25, -0.2) is 20.0 Å². The van der Waals surface area contributed by atoms with Gasteiger partial charge in [0.2, 0.25) is 0 Å². The monoisotopic (exact) mass is 636 g/mol. The van der Waals surface area contributed by atoms with Crippen molar-refractivity contribution in [2.24, 2.45) is 20.0 Å². The smallest absolute Gasteiger partial charge is 0.249 e. The van der Waals surface area contributed by atoms with Crippen molar-refractivity contribution in [1.29, 1.82) is 0 Å². The Balaban J connectivity index is 0.00000387. The molecule has 17 heteroatoms. The van der Waals surface area contributed by atoms with Gasteiger partial charge in [0.15, 0.2) is 0 Å². The first kappa shape index (κ1) is 30.2. The molecule has 0 radical (unpaired) electrons. The predicted octanol–water partition coefficient (Wildman–Crippen LogP) is 7.31. The average Bonchev–Trinajstić information content (AvgIpc) is 3.53. The Hall–Kier alpha value is -3.72. The number of halogens is 12.